The Morgan fingerprint density at radius 2 is 2.23 bits per heavy atom. The maximum absolute atomic E-state index is 11.1. The Hall–Kier alpha value is -1.35. The number of carbonyl (C=O) groups excluding carboxylic acids is 1. The van der Waals surface area contributed by atoms with Crippen molar-refractivity contribution in [3.8, 4) is 0 Å². The predicted octanol–water partition coefficient (Wildman–Crippen LogP) is 0.786. The van der Waals surface area contributed by atoms with Crippen LogP contribution in [0.15, 0.2) is 24.3 Å². The third kappa shape index (κ3) is 1.42. The fourth-order valence-electron chi connectivity index (χ4n) is 1.62. The van der Waals surface area contributed by atoms with E-state index in [0.717, 1.165) is 11.1 Å². The molecule has 13 heavy (non-hydrogen) atoms. The molecule has 1 heterocycles. The maximum Gasteiger partial charge on any atom is 0.227 e. The summed E-state index contributed by atoms with van der Waals surface area (Å²) in [5.74, 6) is -0.586. The van der Waals surface area contributed by atoms with Crippen molar-refractivity contribution in [2.75, 3.05) is 6.61 Å². The minimum atomic E-state index is -0.313. The lowest BCUT2D eigenvalue weighted by Gasteiger charge is -2.22. The number of hydrogen-bond acceptors (Lipinski definition) is 2. The molecule has 0 aromatic heterocycles. The average Bonchev–Trinajstić information content (AvgIpc) is 2.17. The van der Waals surface area contributed by atoms with Crippen LogP contribution in [-0.4, -0.2) is 12.5 Å². The molecule has 3 heteroatoms. The molecule has 2 N–H and O–H groups in total. The summed E-state index contributed by atoms with van der Waals surface area (Å²) in [6.45, 7) is 0.992. The molecule has 0 bridgehead atoms. The van der Waals surface area contributed by atoms with Gasteiger partial charge in [-0.05, 0) is 11.1 Å². The molecule has 3 nitrogen and oxygen atoms in total. The number of fused-ring (bicyclic) bond motifs is 1. The van der Waals surface area contributed by atoms with Crippen LogP contribution in [0.2, 0.25) is 0 Å². The Labute approximate surface area is 76.5 Å². The van der Waals surface area contributed by atoms with Gasteiger partial charge in [0.25, 0.3) is 0 Å². The van der Waals surface area contributed by atoms with Crippen LogP contribution in [0, 0.1) is 0 Å². The van der Waals surface area contributed by atoms with E-state index in [2.05, 4.69) is 0 Å². The smallest absolute Gasteiger partial charge is 0.227 e. The standard InChI is InChI=1S/C10H11NO2/c11-10(12)9-6-13-5-7-3-1-2-4-8(7)9/h1-4,9H,5-6H2,(H2,11,12). The van der Waals surface area contributed by atoms with Crippen LogP contribution >= 0.6 is 0 Å². The molecule has 0 spiro atoms. The lowest BCUT2D eigenvalue weighted by atomic mass is 9.93. The Bertz CT molecular complexity index is 335. The van der Waals surface area contributed by atoms with Gasteiger partial charge in [0.15, 0.2) is 0 Å². The van der Waals surface area contributed by atoms with Crippen LogP contribution in [0.1, 0.15) is 17.0 Å². The van der Waals surface area contributed by atoms with Crippen LogP contribution in [0.4, 0.5) is 0 Å². The first-order valence-corrected chi connectivity index (χ1v) is 4.24. The third-order valence-corrected chi connectivity index (χ3v) is 2.32. The Balaban J connectivity index is 2.42. The first kappa shape index (κ1) is 8.26. The van der Waals surface area contributed by atoms with E-state index >= 15 is 0 Å². The van der Waals surface area contributed by atoms with Gasteiger partial charge in [-0.15, -0.1) is 0 Å². The summed E-state index contributed by atoms with van der Waals surface area (Å²) in [6, 6.07) is 7.75. The lowest BCUT2D eigenvalue weighted by Crippen LogP contribution is -2.29. The normalized spacial score (nSPS) is 20.8. The molecule has 0 radical (unpaired) electrons. The number of carbonyl (C=O) groups is 1. The third-order valence-electron chi connectivity index (χ3n) is 2.32. The second-order valence-electron chi connectivity index (χ2n) is 3.17. The van der Waals surface area contributed by atoms with E-state index in [1.165, 1.54) is 0 Å². The molecule has 0 fully saturated rings. The largest absolute Gasteiger partial charge is 0.376 e. The minimum absolute atomic E-state index is 0.273. The zero-order valence-corrected chi connectivity index (χ0v) is 7.19. The van der Waals surface area contributed by atoms with Gasteiger partial charge in [-0.2, -0.15) is 0 Å². The summed E-state index contributed by atoms with van der Waals surface area (Å²) in [4.78, 5) is 11.1. The number of benzene rings is 1. The maximum atomic E-state index is 11.1. The van der Waals surface area contributed by atoms with Crippen molar-refractivity contribution in [1.29, 1.82) is 0 Å². The van der Waals surface area contributed by atoms with E-state index in [9.17, 15) is 4.79 Å². The van der Waals surface area contributed by atoms with Crippen LogP contribution in [-0.2, 0) is 16.1 Å². The highest BCUT2D eigenvalue weighted by molar-refractivity contribution is 5.82. The van der Waals surface area contributed by atoms with Gasteiger partial charge in [0.2, 0.25) is 5.91 Å². The topological polar surface area (TPSA) is 52.3 Å². The quantitative estimate of drug-likeness (QED) is 0.689. The molecular formula is C10H11NO2. The van der Waals surface area contributed by atoms with Gasteiger partial charge in [-0.1, -0.05) is 24.3 Å². The Morgan fingerprint density at radius 1 is 1.46 bits per heavy atom. The summed E-state index contributed by atoms with van der Waals surface area (Å²) in [5.41, 5.74) is 7.35. The SMILES string of the molecule is NC(=O)C1COCc2ccccc21. The van der Waals surface area contributed by atoms with Crippen molar-refractivity contribution in [3.63, 3.8) is 0 Å². The number of primary amides is 1. The minimum Gasteiger partial charge on any atom is -0.376 e. The highest BCUT2D eigenvalue weighted by Crippen LogP contribution is 2.25. The van der Waals surface area contributed by atoms with Gasteiger partial charge in [-0.25, -0.2) is 0 Å². The van der Waals surface area contributed by atoms with Crippen LogP contribution in [0.25, 0.3) is 0 Å². The molecule has 0 saturated heterocycles. The lowest BCUT2D eigenvalue weighted by molar-refractivity contribution is -0.121. The highest BCUT2D eigenvalue weighted by atomic mass is 16.5. The molecule has 1 aliphatic rings. The van der Waals surface area contributed by atoms with Crippen molar-refractivity contribution in [1.82, 2.24) is 0 Å². The van der Waals surface area contributed by atoms with Gasteiger partial charge in [0, 0.05) is 0 Å². The second kappa shape index (κ2) is 3.18. The van der Waals surface area contributed by atoms with Crippen molar-refractivity contribution < 1.29 is 9.53 Å². The van der Waals surface area contributed by atoms with Crippen LogP contribution < -0.4 is 5.73 Å². The van der Waals surface area contributed by atoms with E-state index in [1.807, 2.05) is 24.3 Å². The van der Waals surface area contributed by atoms with Crippen molar-refractivity contribution in [2.45, 2.75) is 12.5 Å². The zero-order chi connectivity index (χ0) is 9.26. The van der Waals surface area contributed by atoms with Crippen molar-refractivity contribution >= 4 is 5.91 Å². The molecule has 1 unspecified atom stereocenters. The summed E-state index contributed by atoms with van der Waals surface area (Å²) in [6.07, 6.45) is 0. The molecule has 1 atom stereocenters. The monoisotopic (exact) mass is 177 g/mol. The van der Waals surface area contributed by atoms with E-state index in [1.54, 1.807) is 0 Å². The molecule has 2 rings (SSSR count). The van der Waals surface area contributed by atoms with Gasteiger partial charge >= 0.3 is 0 Å². The summed E-state index contributed by atoms with van der Waals surface area (Å²) >= 11 is 0. The zero-order valence-electron chi connectivity index (χ0n) is 7.19. The number of rotatable bonds is 1. The second-order valence-corrected chi connectivity index (χ2v) is 3.17. The number of amides is 1. The van der Waals surface area contributed by atoms with Gasteiger partial charge < -0.3 is 10.5 Å². The van der Waals surface area contributed by atoms with Gasteiger partial charge in [0.05, 0.1) is 19.1 Å². The van der Waals surface area contributed by atoms with Crippen molar-refractivity contribution in [2.24, 2.45) is 5.73 Å². The van der Waals surface area contributed by atoms with Crippen LogP contribution in [0.3, 0.4) is 0 Å². The summed E-state index contributed by atoms with van der Waals surface area (Å²) in [7, 11) is 0. The molecule has 0 saturated carbocycles. The van der Waals surface area contributed by atoms with E-state index in [-0.39, 0.29) is 11.8 Å². The molecule has 1 aliphatic heterocycles. The number of ether oxygens (including phenoxy) is 1. The Kier molecular flexibility index (Phi) is 2.02. The number of nitrogens with two attached hydrogens (primary N) is 1. The highest BCUT2D eigenvalue weighted by Gasteiger charge is 2.24. The fraction of sp³-hybridized carbons (Fsp3) is 0.300. The first-order chi connectivity index (χ1) is 6.29. The molecule has 1 amide bonds. The van der Waals surface area contributed by atoms with Crippen molar-refractivity contribution in [3.05, 3.63) is 35.4 Å². The van der Waals surface area contributed by atoms with Gasteiger partial charge in [0.1, 0.15) is 0 Å². The Morgan fingerprint density at radius 3 is 3.00 bits per heavy atom. The van der Waals surface area contributed by atoms with E-state index in [4.69, 9.17) is 10.5 Å². The molecule has 1 aromatic rings. The molecular weight excluding hydrogens is 166 g/mol. The fourth-order valence-corrected chi connectivity index (χ4v) is 1.62. The molecule has 1 aromatic carbocycles. The molecule has 68 valence electrons. The van der Waals surface area contributed by atoms with E-state index in [0.29, 0.717) is 13.2 Å². The van der Waals surface area contributed by atoms with Crippen LogP contribution in [0.5, 0.6) is 0 Å². The molecule has 0 aliphatic carbocycles. The predicted molar refractivity (Wildman–Crippen MR) is 48.0 cm³/mol. The average molecular weight is 177 g/mol. The summed E-state index contributed by atoms with van der Waals surface area (Å²) < 4.78 is 5.27. The van der Waals surface area contributed by atoms with Gasteiger partial charge in [-0.3, -0.25) is 4.79 Å². The first-order valence-electron chi connectivity index (χ1n) is 4.24. The summed E-state index contributed by atoms with van der Waals surface area (Å²) in [5, 5.41) is 0. The van der Waals surface area contributed by atoms with E-state index < -0.39 is 0 Å². The number of hydrogen-bond donors (Lipinski definition) is 1.